The number of carbonyl (C=O) groups is 1. The number of nitrogens with zero attached hydrogens (tertiary/aromatic N) is 2. The Morgan fingerprint density at radius 1 is 1.08 bits per heavy atom. The highest BCUT2D eigenvalue weighted by Crippen LogP contribution is 2.35. The molecule has 0 bridgehead atoms. The minimum Gasteiger partial charge on any atom is -0.497 e. The topological polar surface area (TPSA) is 46.5 Å². The van der Waals surface area contributed by atoms with Gasteiger partial charge < -0.3 is 9.30 Å². The van der Waals surface area contributed by atoms with Crippen molar-refractivity contribution in [3.8, 4) is 16.9 Å². The van der Waals surface area contributed by atoms with Crippen LogP contribution < -0.4 is 10.2 Å². The first-order valence-corrected chi connectivity index (χ1v) is 7.73. The molecular weight excluding hydrogens is 302 g/mol. The van der Waals surface area contributed by atoms with Crippen molar-refractivity contribution in [1.29, 1.82) is 0 Å². The fourth-order valence-corrected chi connectivity index (χ4v) is 2.97. The summed E-state index contributed by atoms with van der Waals surface area (Å²) < 4.78 is 7.18. The van der Waals surface area contributed by atoms with Gasteiger partial charge in [-0.05, 0) is 23.8 Å². The maximum atomic E-state index is 12.8. The van der Waals surface area contributed by atoms with E-state index in [4.69, 9.17) is 4.74 Å². The molecule has 0 aliphatic carbocycles. The second-order valence-electron chi connectivity index (χ2n) is 5.86. The first-order valence-electron chi connectivity index (χ1n) is 7.73. The Morgan fingerprint density at radius 3 is 2.38 bits per heavy atom. The minimum atomic E-state index is -0.135. The number of methoxy groups -OCH3 is 1. The van der Waals surface area contributed by atoms with Crippen molar-refractivity contribution in [1.82, 2.24) is 15.0 Å². The number of amides is 1. The van der Waals surface area contributed by atoms with Crippen LogP contribution in [0.3, 0.4) is 0 Å². The Kier molecular flexibility index (Phi) is 4.27. The highest BCUT2D eigenvalue weighted by atomic mass is 16.5. The summed E-state index contributed by atoms with van der Waals surface area (Å²) in [5.74, 6) is 0.655. The molecule has 0 saturated heterocycles. The van der Waals surface area contributed by atoms with Gasteiger partial charge in [-0.2, -0.15) is 0 Å². The zero-order chi connectivity index (χ0) is 17.3. The van der Waals surface area contributed by atoms with Crippen LogP contribution in [-0.4, -0.2) is 36.7 Å². The number of hydrazine groups is 1. The van der Waals surface area contributed by atoms with Gasteiger partial charge in [0.25, 0.3) is 5.91 Å². The lowest BCUT2D eigenvalue weighted by molar-refractivity contribution is 0.0849. The summed E-state index contributed by atoms with van der Waals surface area (Å²) in [6.07, 6.45) is 0. The van der Waals surface area contributed by atoms with Crippen LogP contribution in [0.4, 0.5) is 0 Å². The molecule has 0 unspecified atom stereocenters. The molecule has 1 aromatic heterocycles. The van der Waals surface area contributed by atoms with E-state index in [1.54, 1.807) is 26.2 Å². The maximum absolute atomic E-state index is 12.8. The lowest BCUT2D eigenvalue weighted by atomic mass is 10.0. The van der Waals surface area contributed by atoms with E-state index in [0.29, 0.717) is 5.69 Å². The van der Waals surface area contributed by atoms with Crippen LogP contribution in [0.25, 0.3) is 22.0 Å². The fourth-order valence-electron chi connectivity index (χ4n) is 2.97. The smallest absolute Gasteiger partial charge is 0.282 e. The molecule has 3 aromatic rings. The highest BCUT2D eigenvalue weighted by Gasteiger charge is 2.22. The molecule has 0 aliphatic rings. The third kappa shape index (κ3) is 2.74. The number of ether oxygens (including phenoxy) is 1. The van der Waals surface area contributed by atoms with Gasteiger partial charge in [0.05, 0.1) is 7.11 Å². The van der Waals surface area contributed by atoms with Gasteiger partial charge in [0.1, 0.15) is 11.4 Å². The van der Waals surface area contributed by atoms with Crippen LogP contribution in [0.2, 0.25) is 0 Å². The lowest BCUT2D eigenvalue weighted by Crippen LogP contribution is -2.37. The molecule has 3 rings (SSSR count). The van der Waals surface area contributed by atoms with Crippen molar-refractivity contribution in [3.63, 3.8) is 0 Å². The van der Waals surface area contributed by atoms with Crippen molar-refractivity contribution < 1.29 is 9.53 Å². The molecule has 124 valence electrons. The molecule has 1 N–H and O–H groups in total. The third-order valence-corrected chi connectivity index (χ3v) is 4.03. The van der Waals surface area contributed by atoms with Gasteiger partial charge in [0.2, 0.25) is 0 Å². The number of benzene rings is 2. The summed E-state index contributed by atoms with van der Waals surface area (Å²) in [5.41, 5.74) is 6.41. The van der Waals surface area contributed by atoms with Crippen molar-refractivity contribution in [2.75, 3.05) is 21.2 Å². The predicted octanol–water partition coefficient (Wildman–Crippen LogP) is 3.06. The Bertz CT molecular complexity index is 880. The molecule has 1 heterocycles. The van der Waals surface area contributed by atoms with Crippen molar-refractivity contribution in [3.05, 3.63) is 54.2 Å². The quantitative estimate of drug-likeness (QED) is 0.751. The van der Waals surface area contributed by atoms with E-state index in [1.165, 1.54) is 0 Å². The molecule has 0 radical (unpaired) electrons. The van der Waals surface area contributed by atoms with Gasteiger partial charge in [0.15, 0.2) is 0 Å². The summed E-state index contributed by atoms with van der Waals surface area (Å²) in [5, 5.41) is 2.70. The van der Waals surface area contributed by atoms with Crippen LogP contribution in [0, 0.1) is 0 Å². The van der Waals surface area contributed by atoms with Gasteiger partial charge in [0, 0.05) is 37.6 Å². The number of carbonyl (C=O) groups excluding carboxylic acids is 1. The van der Waals surface area contributed by atoms with Gasteiger partial charge in [-0.3, -0.25) is 10.2 Å². The molecule has 24 heavy (non-hydrogen) atoms. The van der Waals surface area contributed by atoms with Gasteiger partial charge in [-0.15, -0.1) is 0 Å². The summed E-state index contributed by atoms with van der Waals surface area (Å²) in [7, 11) is 7.16. The normalized spacial score (nSPS) is 11.0. The highest BCUT2D eigenvalue weighted by molar-refractivity contribution is 6.10. The molecule has 0 aliphatic heterocycles. The Labute approximate surface area is 141 Å². The minimum absolute atomic E-state index is 0.135. The summed E-state index contributed by atoms with van der Waals surface area (Å²) >= 11 is 0. The van der Waals surface area contributed by atoms with Gasteiger partial charge in [-0.25, -0.2) is 5.01 Å². The summed E-state index contributed by atoms with van der Waals surface area (Å²) in [6.45, 7) is 0. The van der Waals surface area contributed by atoms with Crippen molar-refractivity contribution >= 4 is 16.8 Å². The van der Waals surface area contributed by atoms with Crippen LogP contribution in [0.15, 0.2) is 48.5 Å². The molecule has 2 aromatic carbocycles. The second kappa shape index (κ2) is 6.37. The zero-order valence-corrected chi connectivity index (χ0v) is 14.3. The Hall–Kier alpha value is -2.79. The van der Waals surface area contributed by atoms with E-state index >= 15 is 0 Å². The zero-order valence-electron chi connectivity index (χ0n) is 14.3. The van der Waals surface area contributed by atoms with Crippen LogP contribution >= 0.6 is 0 Å². The van der Waals surface area contributed by atoms with E-state index in [-0.39, 0.29) is 5.91 Å². The molecular formula is C19H21N3O2. The molecule has 0 saturated carbocycles. The third-order valence-electron chi connectivity index (χ3n) is 4.03. The first-order chi connectivity index (χ1) is 11.5. The van der Waals surface area contributed by atoms with Crippen LogP contribution in [0.1, 0.15) is 10.5 Å². The standard InChI is InChI=1S/C19H21N3O2/c1-21(2)20-19(23)18-17(13-9-11-14(24-4)12-10-13)15-7-5-6-8-16(15)22(18)3/h5-12H,1-4H3,(H,20,23). The Morgan fingerprint density at radius 2 is 1.75 bits per heavy atom. The average molecular weight is 323 g/mol. The van der Waals surface area contributed by atoms with Gasteiger partial charge >= 0.3 is 0 Å². The summed E-state index contributed by atoms with van der Waals surface area (Å²) in [6, 6.07) is 15.8. The Balaban J connectivity index is 2.25. The van der Waals surface area contributed by atoms with E-state index in [9.17, 15) is 4.79 Å². The van der Waals surface area contributed by atoms with E-state index in [2.05, 4.69) is 5.43 Å². The van der Waals surface area contributed by atoms with Crippen LogP contribution in [-0.2, 0) is 7.05 Å². The van der Waals surface area contributed by atoms with Crippen molar-refractivity contribution in [2.45, 2.75) is 0 Å². The number of aryl methyl sites for hydroxylation is 1. The van der Waals surface area contributed by atoms with Gasteiger partial charge in [-0.1, -0.05) is 30.3 Å². The average Bonchev–Trinajstić information content (AvgIpc) is 2.88. The van der Waals surface area contributed by atoms with Crippen LogP contribution in [0.5, 0.6) is 5.75 Å². The monoisotopic (exact) mass is 323 g/mol. The summed E-state index contributed by atoms with van der Waals surface area (Å²) in [4.78, 5) is 12.8. The van der Waals surface area contributed by atoms with E-state index in [0.717, 1.165) is 27.8 Å². The number of hydrogen-bond acceptors (Lipinski definition) is 3. The van der Waals surface area contributed by atoms with E-state index in [1.807, 2.05) is 60.1 Å². The number of para-hydroxylation sites is 1. The molecule has 1 amide bonds. The van der Waals surface area contributed by atoms with Crippen molar-refractivity contribution in [2.24, 2.45) is 7.05 Å². The number of aromatic nitrogens is 1. The lowest BCUT2D eigenvalue weighted by Gasteiger charge is -2.14. The first kappa shape index (κ1) is 16.1. The molecule has 5 heteroatoms. The largest absolute Gasteiger partial charge is 0.497 e. The molecule has 0 fully saturated rings. The molecule has 0 atom stereocenters. The van der Waals surface area contributed by atoms with E-state index < -0.39 is 0 Å². The maximum Gasteiger partial charge on any atom is 0.282 e. The number of nitrogens with one attached hydrogen (secondary N) is 1. The molecule has 5 nitrogen and oxygen atoms in total. The second-order valence-corrected chi connectivity index (χ2v) is 5.86. The molecule has 0 spiro atoms. The number of hydrogen-bond donors (Lipinski definition) is 1. The SMILES string of the molecule is COc1ccc(-c2c(C(=O)NN(C)C)n(C)c3ccccc23)cc1. The number of fused-ring (bicyclic) bond motifs is 1. The number of rotatable bonds is 4. The fraction of sp³-hybridized carbons (Fsp3) is 0.211. The predicted molar refractivity (Wildman–Crippen MR) is 96.1 cm³/mol.